The quantitative estimate of drug-likeness (QED) is 0.739. The fourth-order valence-corrected chi connectivity index (χ4v) is 3.20. The topological polar surface area (TPSA) is 121 Å². The molecule has 3 atom stereocenters. The number of nitrogens with two attached hydrogens (primary N) is 1. The molecule has 1 aromatic rings. The number of thiophene rings is 1. The van der Waals surface area contributed by atoms with Crippen molar-refractivity contribution in [2.75, 3.05) is 13.1 Å². The Labute approximate surface area is 125 Å². The number of amides is 1. The molecule has 7 nitrogen and oxygen atoms in total. The average Bonchev–Trinajstić information content (AvgIpc) is 2.99. The van der Waals surface area contributed by atoms with Crippen LogP contribution in [0.5, 0.6) is 0 Å². The minimum atomic E-state index is -1.20. The van der Waals surface area contributed by atoms with Crippen molar-refractivity contribution in [3.05, 3.63) is 22.4 Å². The van der Waals surface area contributed by atoms with Crippen LogP contribution in [0.1, 0.15) is 17.3 Å². The van der Waals surface area contributed by atoms with E-state index in [1.165, 1.54) is 16.2 Å². The van der Waals surface area contributed by atoms with Gasteiger partial charge in [0.05, 0.1) is 11.8 Å². The number of hydrogen-bond donors (Lipinski definition) is 3. The van der Waals surface area contributed by atoms with Crippen molar-refractivity contribution < 1.29 is 24.6 Å². The van der Waals surface area contributed by atoms with Crippen LogP contribution in [0.3, 0.4) is 0 Å². The summed E-state index contributed by atoms with van der Waals surface area (Å²) in [5, 5.41) is 20.0. The fraction of sp³-hybridized carbons (Fsp3) is 0.462. The van der Waals surface area contributed by atoms with Gasteiger partial charge in [-0.3, -0.25) is 14.4 Å². The third kappa shape index (κ3) is 3.22. The average molecular weight is 312 g/mol. The number of likely N-dealkylation sites (tertiary alicyclic amines) is 1. The van der Waals surface area contributed by atoms with Gasteiger partial charge < -0.3 is 20.8 Å². The Balaban J connectivity index is 2.10. The largest absolute Gasteiger partial charge is 0.481 e. The molecule has 1 amide bonds. The van der Waals surface area contributed by atoms with E-state index in [1.54, 1.807) is 17.5 Å². The molecule has 0 bridgehead atoms. The van der Waals surface area contributed by atoms with Gasteiger partial charge in [-0.15, -0.1) is 11.3 Å². The standard InChI is InChI=1S/C13H16N2O5S/c14-10(9-2-1-5-21-9)11(16)15-4-3-7(12(17)18)8(6-15)13(19)20/h1-2,5,7-8,10H,3-4,6,14H2,(H,17,18)(H,19,20). The minimum absolute atomic E-state index is 0.120. The van der Waals surface area contributed by atoms with E-state index in [-0.39, 0.29) is 25.4 Å². The molecule has 1 aliphatic heterocycles. The number of nitrogens with zero attached hydrogens (tertiary/aromatic N) is 1. The molecule has 0 aliphatic carbocycles. The second-order valence-corrected chi connectivity index (χ2v) is 5.93. The number of hydrogen-bond acceptors (Lipinski definition) is 5. The number of piperidine rings is 1. The van der Waals surface area contributed by atoms with Crippen LogP contribution in [0.25, 0.3) is 0 Å². The zero-order valence-electron chi connectivity index (χ0n) is 11.1. The summed E-state index contributed by atoms with van der Waals surface area (Å²) in [6.07, 6.45) is 0.120. The van der Waals surface area contributed by atoms with Crippen molar-refractivity contribution in [3.63, 3.8) is 0 Å². The van der Waals surface area contributed by atoms with Gasteiger partial charge in [-0.2, -0.15) is 0 Å². The molecule has 8 heteroatoms. The molecule has 1 aliphatic rings. The van der Waals surface area contributed by atoms with E-state index < -0.39 is 29.8 Å². The van der Waals surface area contributed by atoms with Crippen molar-refractivity contribution in [1.82, 2.24) is 4.90 Å². The van der Waals surface area contributed by atoms with Crippen molar-refractivity contribution >= 4 is 29.2 Å². The highest BCUT2D eigenvalue weighted by Crippen LogP contribution is 2.27. The van der Waals surface area contributed by atoms with E-state index in [4.69, 9.17) is 15.9 Å². The van der Waals surface area contributed by atoms with Crippen LogP contribution in [0.2, 0.25) is 0 Å². The first-order valence-electron chi connectivity index (χ1n) is 6.45. The highest BCUT2D eigenvalue weighted by Gasteiger charge is 2.41. The van der Waals surface area contributed by atoms with Crippen molar-refractivity contribution in [3.8, 4) is 0 Å². The van der Waals surface area contributed by atoms with E-state index in [0.717, 1.165) is 0 Å². The summed E-state index contributed by atoms with van der Waals surface area (Å²) in [6.45, 7) is 0.0862. The Kier molecular flexibility index (Phi) is 4.59. The summed E-state index contributed by atoms with van der Waals surface area (Å²) in [4.78, 5) is 36.6. The molecule has 0 saturated carbocycles. The maximum atomic E-state index is 12.3. The normalized spacial score (nSPS) is 23.6. The van der Waals surface area contributed by atoms with Crippen LogP contribution in [-0.4, -0.2) is 46.0 Å². The minimum Gasteiger partial charge on any atom is -0.481 e. The predicted molar refractivity (Wildman–Crippen MR) is 74.7 cm³/mol. The maximum absolute atomic E-state index is 12.3. The number of rotatable bonds is 4. The Morgan fingerprint density at radius 2 is 1.95 bits per heavy atom. The molecule has 2 rings (SSSR count). The van der Waals surface area contributed by atoms with Gasteiger partial charge in [0.25, 0.3) is 0 Å². The molecular formula is C13H16N2O5S. The van der Waals surface area contributed by atoms with Crippen molar-refractivity contribution in [2.45, 2.75) is 12.5 Å². The van der Waals surface area contributed by atoms with E-state index in [2.05, 4.69) is 0 Å². The lowest BCUT2D eigenvalue weighted by molar-refractivity contribution is -0.159. The number of carbonyl (C=O) groups is 3. The second-order valence-electron chi connectivity index (χ2n) is 4.96. The van der Waals surface area contributed by atoms with Crippen LogP contribution in [0.15, 0.2) is 17.5 Å². The van der Waals surface area contributed by atoms with Gasteiger partial charge in [-0.1, -0.05) is 6.07 Å². The molecule has 0 aromatic carbocycles. The van der Waals surface area contributed by atoms with E-state index in [9.17, 15) is 14.4 Å². The number of aliphatic carboxylic acids is 2. The van der Waals surface area contributed by atoms with Gasteiger partial charge in [0.2, 0.25) is 5.91 Å². The van der Waals surface area contributed by atoms with Crippen LogP contribution < -0.4 is 5.73 Å². The zero-order valence-corrected chi connectivity index (χ0v) is 12.0. The SMILES string of the molecule is NC(C(=O)N1CCC(C(=O)O)C(C(=O)O)C1)c1cccs1. The number of carbonyl (C=O) groups excluding carboxylic acids is 1. The Hall–Kier alpha value is -1.93. The zero-order chi connectivity index (χ0) is 15.6. The Morgan fingerprint density at radius 1 is 1.29 bits per heavy atom. The first-order valence-corrected chi connectivity index (χ1v) is 7.33. The smallest absolute Gasteiger partial charge is 0.309 e. The van der Waals surface area contributed by atoms with Gasteiger partial charge in [0, 0.05) is 18.0 Å². The van der Waals surface area contributed by atoms with Gasteiger partial charge >= 0.3 is 11.9 Å². The molecule has 114 valence electrons. The molecule has 21 heavy (non-hydrogen) atoms. The predicted octanol–water partition coefficient (Wildman–Crippen LogP) is 0.382. The summed E-state index contributed by atoms with van der Waals surface area (Å²) < 4.78 is 0. The van der Waals surface area contributed by atoms with Crippen LogP contribution in [-0.2, 0) is 14.4 Å². The van der Waals surface area contributed by atoms with Gasteiger partial charge in [0.1, 0.15) is 6.04 Å². The third-order valence-electron chi connectivity index (χ3n) is 3.67. The van der Waals surface area contributed by atoms with Crippen molar-refractivity contribution in [1.29, 1.82) is 0 Å². The second kappa shape index (κ2) is 6.23. The molecule has 1 saturated heterocycles. The fourth-order valence-electron chi connectivity index (χ4n) is 2.48. The third-order valence-corrected chi connectivity index (χ3v) is 4.63. The molecule has 1 fully saturated rings. The van der Waals surface area contributed by atoms with Crippen LogP contribution in [0.4, 0.5) is 0 Å². The summed E-state index contributed by atoms with van der Waals surface area (Å²) in [5.41, 5.74) is 5.89. The summed E-state index contributed by atoms with van der Waals surface area (Å²) >= 11 is 1.35. The van der Waals surface area contributed by atoms with Crippen molar-refractivity contribution in [2.24, 2.45) is 17.6 Å². The molecule has 0 spiro atoms. The highest BCUT2D eigenvalue weighted by molar-refractivity contribution is 7.10. The first-order chi connectivity index (χ1) is 9.91. The van der Waals surface area contributed by atoms with E-state index in [0.29, 0.717) is 4.88 Å². The van der Waals surface area contributed by atoms with Gasteiger partial charge in [0.15, 0.2) is 0 Å². The van der Waals surface area contributed by atoms with Crippen LogP contribution >= 0.6 is 11.3 Å². The van der Waals surface area contributed by atoms with Crippen LogP contribution in [0, 0.1) is 11.8 Å². The lowest BCUT2D eigenvalue weighted by Gasteiger charge is -2.35. The molecule has 3 unspecified atom stereocenters. The number of carboxylic acids is 2. The molecule has 2 heterocycles. The Bertz CT molecular complexity index is 545. The van der Waals surface area contributed by atoms with E-state index in [1.807, 2.05) is 0 Å². The van der Waals surface area contributed by atoms with Gasteiger partial charge in [-0.25, -0.2) is 0 Å². The maximum Gasteiger partial charge on any atom is 0.309 e. The highest BCUT2D eigenvalue weighted by atomic mass is 32.1. The molecule has 4 N–H and O–H groups in total. The summed E-state index contributed by atoms with van der Waals surface area (Å²) in [5.74, 6) is -4.78. The van der Waals surface area contributed by atoms with E-state index >= 15 is 0 Å². The monoisotopic (exact) mass is 312 g/mol. The molecular weight excluding hydrogens is 296 g/mol. The van der Waals surface area contributed by atoms with Gasteiger partial charge in [-0.05, 0) is 17.9 Å². The lowest BCUT2D eigenvalue weighted by Crippen LogP contribution is -2.50. The summed E-state index contributed by atoms with van der Waals surface area (Å²) in [7, 11) is 0. The molecule has 0 radical (unpaired) electrons. The first kappa shape index (κ1) is 15.5. The summed E-state index contributed by atoms with van der Waals surface area (Å²) in [6, 6.07) is 2.69. The number of carboxylic acid groups (broad SMARTS) is 2. The Morgan fingerprint density at radius 3 is 2.48 bits per heavy atom. The molecule has 1 aromatic heterocycles. The lowest BCUT2D eigenvalue weighted by atomic mass is 9.85.